The Hall–Kier alpha value is -3.16. The van der Waals surface area contributed by atoms with Crippen LogP contribution in [0.1, 0.15) is 50.5 Å². The molecule has 0 radical (unpaired) electrons. The molecule has 0 saturated heterocycles. The third-order valence-electron chi connectivity index (χ3n) is 7.91. The molecule has 8 nitrogen and oxygen atoms in total. The number of aromatic nitrogens is 4. The molecule has 4 bridgehead atoms. The maximum absolute atomic E-state index is 12.6. The predicted molar refractivity (Wildman–Crippen MR) is 124 cm³/mol. The van der Waals surface area contributed by atoms with Crippen LogP contribution in [0.4, 0.5) is 17.5 Å². The molecule has 4 fully saturated rings. The van der Waals surface area contributed by atoms with Crippen LogP contribution < -0.4 is 16.8 Å². The number of hydrogen-bond acceptors (Lipinski definition) is 6. The van der Waals surface area contributed by atoms with Crippen molar-refractivity contribution in [3.8, 4) is 0 Å². The van der Waals surface area contributed by atoms with Crippen LogP contribution in [0.3, 0.4) is 0 Å². The number of hydrogen-bond donors (Lipinski definition) is 3. The van der Waals surface area contributed by atoms with E-state index in [2.05, 4.69) is 44.5 Å². The summed E-state index contributed by atoms with van der Waals surface area (Å²) in [6.45, 7) is 0.434. The fourth-order valence-corrected chi connectivity index (χ4v) is 6.96. The van der Waals surface area contributed by atoms with E-state index in [1.165, 1.54) is 44.1 Å². The maximum atomic E-state index is 12.6. The number of benzene rings is 1. The van der Waals surface area contributed by atoms with Crippen LogP contribution in [0.2, 0.25) is 0 Å². The van der Waals surface area contributed by atoms with Crippen molar-refractivity contribution in [2.45, 2.75) is 56.9 Å². The summed E-state index contributed by atoms with van der Waals surface area (Å²) in [5.74, 6) is 3.07. The minimum absolute atomic E-state index is 0.0515. The van der Waals surface area contributed by atoms with Gasteiger partial charge in [-0.25, -0.2) is 4.98 Å². The van der Waals surface area contributed by atoms with E-state index in [0.717, 1.165) is 23.4 Å². The van der Waals surface area contributed by atoms with Crippen molar-refractivity contribution in [3.05, 3.63) is 36.2 Å². The van der Waals surface area contributed by atoms with Crippen LogP contribution in [-0.2, 0) is 16.8 Å². The molecule has 4 saturated carbocycles. The number of imidazole rings is 1. The first-order valence-corrected chi connectivity index (χ1v) is 11.6. The van der Waals surface area contributed by atoms with Gasteiger partial charge in [0.05, 0.1) is 6.33 Å². The van der Waals surface area contributed by atoms with E-state index in [4.69, 9.17) is 11.5 Å². The SMILES string of the molecule is Nc1nc(N)c2ncn(CCC(=O)Nc3ccc(C45CC6CC(CC(C6)C4)C5)cc3)c2n1. The Kier molecular flexibility index (Phi) is 4.38. The number of rotatable bonds is 5. The van der Waals surface area contributed by atoms with E-state index >= 15 is 0 Å². The molecule has 32 heavy (non-hydrogen) atoms. The number of aryl methyl sites for hydroxylation is 1. The second-order valence-electron chi connectivity index (χ2n) is 10.2. The topological polar surface area (TPSA) is 125 Å². The number of nitrogens with one attached hydrogen (secondary N) is 1. The number of anilines is 3. The highest BCUT2D eigenvalue weighted by atomic mass is 16.1. The molecule has 8 heteroatoms. The number of nitrogens with two attached hydrogens (primary N) is 2. The van der Waals surface area contributed by atoms with E-state index in [1.54, 1.807) is 10.9 Å². The lowest BCUT2D eigenvalue weighted by molar-refractivity contribution is -0.116. The molecule has 7 rings (SSSR count). The summed E-state index contributed by atoms with van der Waals surface area (Å²) in [6.07, 6.45) is 10.3. The lowest BCUT2D eigenvalue weighted by Crippen LogP contribution is -2.48. The average Bonchev–Trinajstić information content (AvgIpc) is 3.15. The van der Waals surface area contributed by atoms with Gasteiger partial charge in [-0.1, -0.05) is 12.1 Å². The quantitative estimate of drug-likeness (QED) is 0.568. The second kappa shape index (κ2) is 7.18. The summed E-state index contributed by atoms with van der Waals surface area (Å²) in [6, 6.07) is 8.61. The van der Waals surface area contributed by atoms with Gasteiger partial charge in [0.25, 0.3) is 0 Å². The summed E-state index contributed by atoms with van der Waals surface area (Å²) < 4.78 is 1.78. The normalized spacial score (nSPS) is 28.3. The van der Waals surface area contributed by atoms with Crippen molar-refractivity contribution in [3.63, 3.8) is 0 Å². The van der Waals surface area contributed by atoms with Crippen LogP contribution >= 0.6 is 0 Å². The highest BCUT2D eigenvalue weighted by Gasteiger charge is 2.51. The Balaban J connectivity index is 1.11. The van der Waals surface area contributed by atoms with Gasteiger partial charge >= 0.3 is 0 Å². The number of amides is 1. The van der Waals surface area contributed by atoms with Crippen LogP contribution in [0.25, 0.3) is 11.2 Å². The summed E-state index contributed by atoms with van der Waals surface area (Å²) in [7, 11) is 0. The third-order valence-corrected chi connectivity index (χ3v) is 7.91. The zero-order valence-electron chi connectivity index (χ0n) is 18.1. The highest BCUT2D eigenvalue weighted by molar-refractivity contribution is 5.90. The molecule has 0 atom stereocenters. The summed E-state index contributed by atoms with van der Waals surface area (Å²) >= 11 is 0. The Morgan fingerprint density at radius 3 is 2.34 bits per heavy atom. The maximum Gasteiger partial charge on any atom is 0.226 e. The molecule has 3 aromatic rings. The van der Waals surface area contributed by atoms with Crippen molar-refractivity contribution in [2.24, 2.45) is 17.8 Å². The van der Waals surface area contributed by atoms with Crippen molar-refractivity contribution in [1.82, 2.24) is 19.5 Å². The molecule has 4 aliphatic carbocycles. The zero-order valence-corrected chi connectivity index (χ0v) is 18.1. The summed E-state index contributed by atoms with van der Waals surface area (Å²) in [5.41, 5.74) is 15.3. The van der Waals surface area contributed by atoms with Crippen LogP contribution in [0.5, 0.6) is 0 Å². The van der Waals surface area contributed by atoms with E-state index in [9.17, 15) is 4.79 Å². The van der Waals surface area contributed by atoms with Gasteiger partial charge in [-0.05, 0) is 79.4 Å². The number of nitrogens with zero attached hydrogens (tertiary/aromatic N) is 4. The highest BCUT2D eigenvalue weighted by Crippen LogP contribution is 2.60. The standard InChI is InChI=1S/C24H29N7O/c25-21-20-22(30-23(26)29-21)31(13-27-20)6-5-19(32)28-18-3-1-17(2-4-18)24-10-14-7-15(11-24)9-16(8-14)12-24/h1-4,13-16H,5-12H2,(H,28,32)(H4,25,26,29,30). The molecule has 166 valence electrons. The number of carbonyl (C=O) groups is 1. The lowest BCUT2D eigenvalue weighted by Gasteiger charge is -2.57. The lowest BCUT2D eigenvalue weighted by atomic mass is 9.48. The molecule has 0 aliphatic heterocycles. The van der Waals surface area contributed by atoms with Crippen LogP contribution in [0, 0.1) is 17.8 Å². The predicted octanol–water partition coefficient (Wildman–Crippen LogP) is 3.49. The molecule has 2 heterocycles. The zero-order chi connectivity index (χ0) is 21.9. The monoisotopic (exact) mass is 431 g/mol. The van der Waals surface area contributed by atoms with Crippen LogP contribution in [0.15, 0.2) is 30.6 Å². The second-order valence-corrected chi connectivity index (χ2v) is 10.2. The van der Waals surface area contributed by atoms with Gasteiger partial charge in [0.1, 0.15) is 5.52 Å². The van der Waals surface area contributed by atoms with Crippen molar-refractivity contribution >= 4 is 34.5 Å². The molecule has 0 spiro atoms. The summed E-state index contributed by atoms with van der Waals surface area (Å²) in [5, 5.41) is 3.02. The van der Waals surface area contributed by atoms with Crippen molar-refractivity contribution in [1.29, 1.82) is 0 Å². The van der Waals surface area contributed by atoms with Crippen molar-refractivity contribution in [2.75, 3.05) is 16.8 Å². The molecular formula is C24H29N7O. The summed E-state index contributed by atoms with van der Waals surface area (Å²) in [4.78, 5) is 24.9. The number of carbonyl (C=O) groups excluding carboxylic acids is 1. The first-order chi connectivity index (χ1) is 15.5. The van der Waals surface area contributed by atoms with E-state index in [1.807, 2.05) is 0 Å². The Morgan fingerprint density at radius 1 is 1.03 bits per heavy atom. The Labute approximate surface area is 186 Å². The molecule has 5 N–H and O–H groups in total. The first kappa shape index (κ1) is 19.5. The number of nitrogen functional groups attached to an aromatic ring is 2. The van der Waals surface area contributed by atoms with E-state index < -0.39 is 0 Å². The average molecular weight is 432 g/mol. The van der Waals surface area contributed by atoms with Gasteiger partial charge in [0.2, 0.25) is 11.9 Å². The molecule has 4 aliphatic rings. The van der Waals surface area contributed by atoms with Gasteiger partial charge in [0.15, 0.2) is 11.5 Å². The van der Waals surface area contributed by atoms with Gasteiger partial charge in [-0.3, -0.25) is 4.79 Å². The Bertz CT molecular complexity index is 1150. The first-order valence-electron chi connectivity index (χ1n) is 11.6. The molecule has 2 aromatic heterocycles. The van der Waals surface area contributed by atoms with E-state index in [0.29, 0.717) is 29.5 Å². The number of fused-ring (bicyclic) bond motifs is 1. The fourth-order valence-electron chi connectivity index (χ4n) is 6.96. The van der Waals surface area contributed by atoms with Crippen molar-refractivity contribution < 1.29 is 4.79 Å². The minimum atomic E-state index is -0.0515. The Morgan fingerprint density at radius 2 is 1.69 bits per heavy atom. The van der Waals surface area contributed by atoms with Gasteiger partial charge in [0, 0.05) is 18.7 Å². The molecular weight excluding hydrogens is 402 g/mol. The molecule has 1 amide bonds. The van der Waals surface area contributed by atoms with Gasteiger partial charge in [-0.2, -0.15) is 9.97 Å². The minimum Gasteiger partial charge on any atom is -0.382 e. The third kappa shape index (κ3) is 3.29. The molecule has 0 unspecified atom stereocenters. The van der Waals surface area contributed by atoms with Crippen LogP contribution in [-0.4, -0.2) is 25.4 Å². The molecule has 1 aromatic carbocycles. The van der Waals surface area contributed by atoms with Gasteiger partial charge in [-0.15, -0.1) is 0 Å². The fraction of sp³-hybridized carbons (Fsp3) is 0.500. The smallest absolute Gasteiger partial charge is 0.226 e. The largest absolute Gasteiger partial charge is 0.382 e. The van der Waals surface area contributed by atoms with E-state index in [-0.39, 0.29) is 17.7 Å². The van der Waals surface area contributed by atoms with Gasteiger partial charge < -0.3 is 21.4 Å².